The zero-order chi connectivity index (χ0) is 62.1. The molecule has 0 saturated carbocycles. The highest BCUT2D eigenvalue weighted by atomic mass is 16.5. The monoisotopic (exact) mass is 1230 g/mol. The molecule has 8 atom stereocenters. The molecule has 478 valence electrons. The van der Waals surface area contributed by atoms with E-state index in [9.17, 15) is 0 Å². The number of rotatable bonds is 13. The van der Waals surface area contributed by atoms with Crippen molar-refractivity contribution in [2.24, 2.45) is 0 Å². The smallest absolute Gasteiger partial charge is 0.345 e. The first-order valence-electron chi connectivity index (χ1n) is 33.9. The van der Waals surface area contributed by atoms with Crippen LogP contribution in [0, 0.1) is 0 Å². The van der Waals surface area contributed by atoms with E-state index in [0.717, 1.165) is 159 Å². The van der Waals surface area contributed by atoms with E-state index in [-0.39, 0.29) is 54.0 Å². The lowest BCUT2D eigenvalue weighted by atomic mass is 9.67. The van der Waals surface area contributed by atoms with Crippen molar-refractivity contribution >= 4 is 64.3 Å². The molecule has 21 nitrogen and oxygen atoms in total. The number of urea groups is 2. The SMILES string of the molecule is CC1CCC(C)N1c1nc(-c2ccc(N(C(=O)Nc3ccc(N4CCC(N(C)C)CC4)cc3)N(C(=O)Nc3ccc(C45CCN(CC4)CC5)cc3)c3ccc(-c4nc(N5CC6CCC(C5)O6)nc(N5C(C)CCC5C)n4)cc3)cc2)nc(N2CC3CCC(C2)O3)n1. The summed E-state index contributed by atoms with van der Waals surface area (Å²) in [6.07, 6.45) is 14.4. The van der Waals surface area contributed by atoms with Crippen LogP contribution in [0.15, 0.2) is 97.1 Å². The number of piperidine rings is 4. The summed E-state index contributed by atoms with van der Waals surface area (Å²) in [5.74, 6) is 3.66. The van der Waals surface area contributed by atoms with Crippen molar-refractivity contribution in [1.29, 1.82) is 0 Å². The molecule has 4 aromatic carbocycles. The van der Waals surface area contributed by atoms with Crippen LogP contribution in [0.2, 0.25) is 0 Å². The summed E-state index contributed by atoms with van der Waals surface area (Å²) in [7, 11) is 4.31. The van der Waals surface area contributed by atoms with Gasteiger partial charge in [-0.1, -0.05) is 12.1 Å². The van der Waals surface area contributed by atoms with E-state index >= 15 is 9.59 Å². The highest BCUT2D eigenvalue weighted by Crippen LogP contribution is 2.44. The molecule has 2 N–H and O–H groups in total. The average molecular weight is 1230 g/mol. The Bertz CT molecular complexity index is 3520. The lowest BCUT2D eigenvalue weighted by Gasteiger charge is -2.48. The van der Waals surface area contributed by atoms with Gasteiger partial charge in [-0.15, -0.1) is 0 Å². The minimum atomic E-state index is -0.548. The maximum atomic E-state index is 15.8. The third-order valence-corrected chi connectivity index (χ3v) is 21.7. The number of anilines is 9. The van der Waals surface area contributed by atoms with Crippen LogP contribution in [-0.4, -0.2) is 179 Å². The molecule has 10 aliphatic rings. The second-order valence-electron chi connectivity index (χ2n) is 27.9. The van der Waals surface area contributed by atoms with Gasteiger partial charge in [0.1, 0.15) is 0 Å². The molecule has 10 fully saturated rings. The van der Waals surface area contributed by atoms with Crippen LogP contribution >= 0.6 is 0 Å². The van der Waals surface area contributed by atoms with Crippen molar-refractivity contribution in [1.82, 2.24) is 39.7 Å². The fourth-order valence-corrected chi connectivity index (χ4v) is 16.3. The van der Waals surface area contributed by atoms with Crippen LogP contribution in [-0.2, 0) is 14.9 Å². The van der Waals surface area contributed by atoms with Crippen LogP contribution in [0.3, 0.4) is 0 Å². The Hall–Kier alpha value is -7.72. The number of amides is 4. The Balaban J connectivity index is 0.810. The van der Waals surface area contributed by atoms with Gasteiger partial charge in [0, 0.05) is 97.7 Å². The van der Waals surface area contributed by atoms with Gasteiger partial charge in [0.15, 0.2) is 11.6 Å². The summed E-state index contributed by atoms with van der Waals surface area (Å²) >= 11 is 0. The summed E-state index contributed by atoms with van der Waals surface area (Å²) in [6.45, 7) is 17.1. The average Bonchev–Trinajstić information content (AvgIpc) is 1.87. The van der Waals surface area contributed by atoms with Crippen LogP contribution in [0.4, 0.5) is 61.8 Å². The number of benzene rings is 4. The summed E-state index contributed by atoms with van der Waals surface area (Å²) in [4.78, 5) is 79.2. The van der Waals surface area contributed by atoms with E-state index in [0.29, 0.717) is 64.2 Å². The molecular formula is C70H89N17O4. The summed E-state index contributed by atoms with van der Waals surface area (Å²) in [6, 6.07) is 32.2. The molecule has 6 bridgehead atoms. The van der Waals surface area contributed by atoms with Gasteiger partial charge in [-0.25, -0.2) is 9.59 Å². The largest absolute Gasteiger partial charge is 0.371 e. The number of carbonyl (C=O) groups is 2. The fraction of sp³-hybridized carbons (Fsp3) is 0.543. The molecule has 21 heteroatoms. The Kier molecular flexibility index (Phi) is 16.2. The van der Waals surface area contributed by atoms with E-state index in [1.807, 2.05) is 72.8 Å². The van der Waals surface area contributed by atoms with E-state index in [1.54, 1.807) is 0 Å². The number of hydrogen-bond acceptors (Lipinski definition) is 17. The fourth-order valence-electron chi connectivity index (χ4n) is 16.3. The normalized spacial score (nSPS) is 27.9. The molecular weight excluding hydrogens is 1140 g/mol. The minimum absolute atomic E-state index is 0.137. The first-order valence-corrected chi connectivity index (χ1v) is 33.9. The molecule has 10 saturated heterocycles. The second-order valence-corrected chi connectivity index (χ2v) is 27.9. The first-order chi connectivity index (χ1) is 44.2. The predicted molar refractivity (Wildman–Crippen MR) is 359 cm³/mol. The number of nitrogens with one attached hydrogen (secondary N) is 2. The number of morpholine rings is 2. The van der Waals surface area contributed by atoms with Gasteiger partial charge >= 0.3 is 12.1 Å². The summed E-state index contributed by atoms with van der Waals surface area (Å²) in [5.41, 5.74) is 6.10. The number of hydrazine groups is 1. The lowest BCUT2D eigenvalue weighted by Crippen LogP contribution is -2.54. The van der Waals surface area contributed by atoms with Gasteiger partial charge in [-0.05, 0) is 241 Å². The molecule has 8 unspecified atom stereocenters. The van der Waals surface area contributed by atoms with Crippen molar-refractivity contribution < 1.29 is 19.1 Å². The molecule has 2 aromatic heterocycles. The van der Waals surface area contributed by atoms with Crippen molar-refractivity contribution in [2.45, 2.75) is 171 Å². The molecule has 4 amide bonds. The van der Waals surface area contributed by atoms with Gasteiger partial charge < -0.3 is 54.4 Å². The van der Waals surface area contributed by atoms with Crippen LogP contribution in [0.5, 0.6) is 0 Å². The number of fused-ring (bicyclic) bond motifs is 7. The number of hydrogen-bond donors (Lipinski definition) is 2. The molecule has 10 aliphatic heterocycles. The Labute approximate surface area is 535 Å². The second kappa shape index (κ2) is 24.7. The third-order valence-electron chi connectivity index (χ3n) is 21.7. The maximum absolute atomic E-state index is 15.8. The Morgan fingerprint density at radius 3 is 1.23 bits per heavy atom. The number of ether oxygens (including phenoxy) is 2. The number of aromatic nitrogens is 6. The van der Waals surface area contributed by atoms with Crippen molar-refractivity contribution in [3.8, 4) is 22.8 Å². The zero-order valence-corrected chi connectivity index (χ0v) is 53.8. The summed E-state index contributed by atoms with van der Waals surface area (Å²) in [5, 5.41) is 9.35. The first kappa shape index (κ1) is 59.6. The van der Waals surface area contributed by atoms with E-state index in [4.69, 9.17) is 39.4 Å². The lowest BCUT2D eigenvalue weighted by molar-refractivity contribution is 0.0297. The Morgan fingerprint density at radius 1 is 0.451 bits per heavy atom. The standard InChI is InChI=1S/C70H89N17O4/c1-45-7-8-46(2)84(45)66-75-62(73-64(77-66)82-41-58-27-28-59(42-82)90-58)49-11-21-56(22-12-49)86(68(88)71-52-17-15-51(16-18-52)70-33-38-80(39-34-70)40-35-70)87(69(89)72-53-19-25-55(26-20-53)81-36-31-54(32-37-81)79(5)6)57-23-13-50(14-24-57)63-74-65(83-43-60-29-30-61(44-83)91-60)78-67(76-63)85-47(3)9-10-48(85)4/h11-26,45-48,54,58-61H,7-10,27-44H2,1-6H3,(H,71,88)(H,72,89). The van der Waals surface area contributed by atoms with Crippen molar-refractivity contribution in [3.63, 3.8) is 0 Å². The van der Waals surface area contributed by atoms with Crippen molar-refractivity contribution in [2.75, 3.05) is 118 Å². The molecule has 91 heavy (non-hydrogen) atoms. The molecule has 0 aliphatic carbocycles. The molecule has 0 radical (unpaired) electrons. The van der Waals surface area contributed by atoms with E-state index < -0.39 is 12.1 Å². The van der Waals surface area contributed by atoms with Gasteiger partial charge in [-0.2, -0.15) is 39.9 Å². The molecule has 12 heterocycles. The van der Waals surface area contributed by atoms with E-state index in [2.05, 4.69) is 111 Å². The minimum Gasteiger partial charge on any atom is -0.371 e. The highest BCUT2D eigenvalue weighted by Gasteiger charge is 2.42. The number of carbonyl (C=O) groups excluding carboxylic acids is 2. The van der Waals surface area contributed by atoms with Gasteiger partial charge in [0.05, 0.1) is 35.8 Å². The predicted octanol–water partition coefficient (Wildman–Crippen LogP) is 10.8. The highest BCUT2D eigenvalue weighted by molar-refractivity contribution is 6.13. The molecule has 16 rings (SSSR count). The van der Waals surface area contributed by atoms with Crippen molar-refractivity contribution in [3.05, 3.63) is 103 Å². The van der Waals surface area contributed by atoms with E-state index in [1.165, 1.54) is 15.6 Å². The maximum Gasteiger partial charge on any atom is 0.345 e. The van der Waals surface area contributed by atoms with Gasteiger partial charge in [-0.3, -0.25) is 0 Å². The van der Waals surface area contributed by atoms with Crippen LogP contribution < -0.4 is 45.2 Å². The zero-order valence-electron chi connectivity index (χ0n) is 53.8. The number of nitrogens with zero attached hydrogens (tertiary/aromatic N) is 15. The molecule has 6 aromatic rings. The molecule has 0 spiro atoms. The third kappa shape index (κ3) is 12.0. The topological polar surface area (TPSA) is 183 Å². The Morgan fingerprint density at radius 2 is 0.835 bits per heavy atom. The van der Waals surface area contributed by atoms with Gasteiger partial charge in [0.25, 0.3) is 0 Å². The summed E-state index contributed by atoms with van der Waals surface area (Å²) < 4.78 is 12.5. The van der Waals surface area contributed by atoms with Crippen LogP contribution in [0.25, 0.3) is 22.8 Å². The van der Waals surface area contributed by atoms with Crippen LogP contribution in [0.1, 0.15) is 117 Å². The van der Waals surface area contributed by atoms with Gasteiger partial charge in [0.2, 0.25) is 23.8 Å². The quantitative estimate of drug-likeness (QED) is 0.104.